The van der Waals surface area contributed by atoms with E-state index in [2.05, 4.69) is 36.3 Å². The van der Waals surface area contributed by atoms with Crippen molar-refractivity contribution in [3.8, 4) is 0 Å². The van der Waals surface area contributed by atoms with Gasteiger partial charge in [0.2, 0.25) is 5.91 Å². The summed E-state index contributed by atoms with van der Waals surface area (Å²) >= 11 is 0. The van der Waals surface area contributed by atoms with Crippen molar-refractivity contribution in [1.29, 1.82) is 0 Å². The Morgan fingerprint density at radius 1 is 1.43 bits per heavy atom. The minimum absolute atomic E-state index is 0.0294. The number of esters is 1. The first-order valence-electron chi connectivity index (χ1n) is 8.34. The van der Waals surface area contributed by atoms with E-state index < -0.39 is 5.60 Å². The van der Waals surface area contributed by atoms with E-state index >= 15 is 0 Å². The highest BCUT2D eigenvalue weighted by molar-refractivity contribution is 5.87. The second-order valence-corrected chi connectivity index (χ2v) is 7.75. The molecule has 1 spiro atoms. The van der Waals surface area contributed by atoms with Crippen molar-refractivity contribution in [2.24, 2.45) is 5.92 Å². The minimum atomic E-state index is -0.550. The van der Waals surface area contributed by atoms with Crippen LogP contribution in [0.5, 0.6) is 0 Å². The molecule has 1 amide bonds. The van der Waals surface area contributed by atoms with Gasteiger partial charge < -0.3 is 10.1 Å². The third-order valence-electron chi connectivity index (χ3n) is 4.94. The van der Waals surface area contributed by atoms with Gasteiger partial charge in [0.25, 0.3) is 0 Å². The van der Waals surface area contributed by atoms with Crippen LogP contribution in [0.2, 0.25) is 0 Å². The molecule has 126 valence electrons. The molecule has 6 heteroatoms. The molecule has 0 aromatic carbocycles. The fourth-order valence-corrected chi connectivity index (χ4v) is 3.59. The lowest BCUT2D eigenvalue weighted by atomic mass is 9.85. The smallest absolute Gasteiger partial charge is 0.307 e. The van der Waals surface area contributed by atoms with Crippen LogP contribution in [0.4, 0.5) is 0 Å². The van der Waals surface area contributed by atoms with Crippen molar-refractivity contribution in [3.63, 3.8) is 0 Å². The third-order valence-corrected chi connectivity index (χ3v) is 4.94. The van der Waals surface area contributed by atoms with Gasteiger partial charge in [-0.15, -0.1) is 0 Å². The second kappa shape index (κ2) is 5.65. The summed E-state index contributed by atoms with van der Waals surface area (Å²) in [6.07, 6.45) is 3.84. The van der Waals surface area contributed by atoms with Crippen LogP contribution in [0, 0.1) is 5.92 Å². The Labute approximate surface area is 136 Å². The molecule has 0 bridgehead atoms. The van der Waals surface area contributed by atoms with Gasteiger partial charge in [0, 0.05) is 5.41 Å². The Balaban J connectivity index is 1.63. The fourth-order valence-electron chi connectivity index (χ4n) is 3.59. The van der Waals surface area contributed by atoms with Crippen molar-refractivity contribution in [2.75, 3.05) is 0 Å². The molecule has 6 nitrogen and oxygen atoms in total. The Morgan fingerprint density at radius 3 is 2.74 bits per heavy atom. The molecule has 1 aliphatic carbocycles. The molecule has 23 heavy (non-hydrogen) atoms. The molecule has 2 heterocycles. The first kappa shape index (κ1) is 16.0. The van der Waals surface area contributed by atoms with Crippen molar-refractivity contribution in [3.05, 3.63) is 17.5 Å². The Bertz CT molecular complexity index is 609. The average Bonchev–Trinajstić information content (AvgIpc) is 3.17. The molecule has 1 aliphatic heterocycles. The van der Waals surface area contributed by atoms with Crippen LogP contribution in [0.25, 0.3) is 0 Å². The fraction of sp³-hybridized carbons (Fsp3) is 0.706. The molecule has 0 unspecified atom stereocenters. The maximum absolute atomic E-state index is 12.6. The van der Waals surface area contributed by atoms with E-state index in [1.54, 1.807) is 0 Å². The Morgan fingerprint density at radius 2 is 2.13 bits per heavy atom. The van der Waals surface area contributed by atoms with Gasteiger partial charge in [0.1, 0.15) is 5.60 Å². The zero-order valence-electron chi connectivity index (χ0n) is 14.1. The van der Waals surface area contributed by atoms with Crippen molar-refractivity contribution in [1.82, 2.24) is 15.5 Å². The Hall–Kier alpha value is -1.85. The second-order valence-electron chi connectivity index (χ2n) is 7.75. The van der Waals surface area contributed by atoms with E-state index in [0.717, 1.165) is 37.1 Å². The number of hydrogen-bond acceptors (Lipinski definition) is 4. The number of carbonyl (C=O) groups excluding carboxylic acids is 2. The van der Waals surface area contributed by atoms with Crippen LogP contribution in [-0.4, -0.2) is 27.7 Å². The SMILES string of the molecule is CC(C)(C)c1cc(CNC(=O)[C@H]2CC(=O)OC23CCCC3)[nH]n1. The van der Waals surface area contributed by atoms with Crippen LogP contribution >= 0.6 is 0 Å². The molecule has 1 aromatic heterocycles. The highest BCUT2D eigenvalue weighted by Crippen LogP contribution is 2.45. The quantitative estimate of drug-likeness (QED) is 0.837. The lowest BCUT2D eigenvalue weighted by molar-refractivity contribution is -0.149. The first-order valence-corrected chi connectivity index (χ1v) is 8.34. The normalized spacial score (nSPS) is 23.3. The number of rotatable bonds is 3. The topological polar surface area (TPSA) is 84.1 Å². The molecule has 1 saturated carbocycles. The standard InChI is InChI=1S/C17H25N3O3/c1-16(2,3)13-8-11(19-20-13)10-18-15(22)12-9-14(21)23-17(12)6-4-5-7-17/h8,12H,4-7,9-10H2,1-3H3,(H,18,22)(H,19,20)/t12-/m1/s1. The van der Waals surface area contributed by atoms with Crippen LogP contribution in [0.15, 0.2) is 6.07 Å². The lowest BCUT2D eigenvalue weighted by Crippen LogP contribution is -2.42. The Kier molecular flexibility index (Phi) is 3.94. The molecule has 1 atom stereocenters. The number of nitrogens with zero attached hydrogens (tertiary/aromatic N) is 1. The van der Waals surface area contributed by atoms with E-state index in [1.165, 1.54) is 0 Å². The average molecular weight is 319 g/mol. The molecule has 0 radical (unpaired) electrons. The molecule has 2 N–H and O–H groups in total. The summed E-state index contributed by atoms with van der Waals surface area (Å²) in [7, 11) is 0. The van der Waals surface area contributed by atoms with Crippen molar-refractivity contribution in [2.45, 2.75) is 70.4 Å². The number of H-pyrrole nitrogens is 1. The van der Waals surface area contributed by atoms with Gasteiger partial charge in [-0.1, -0.05) is 20.8 Å². The highest BCUT2D eigenvalue weighted by atomic mass is 16.6. The first-order chi connectivity index (χ1) is 10.8. The number of aromatic nitrogens is 2. The molecule has 1 saturated heterocycles. The monoisotopic (exact) mass is 319 g/mol. The van der Waals surface area contributed by atoms with Gasteiger partial charge in [-0.05, 0) is 31.7 Å². The zero-order chi connectivity index (χ0) is 16.7. The number of aromatic amines is 1. The summed E-state index contributed by atoms with van der Waals surface area (Å²) in [5.41, 5.74) is 1.26. The summed E-state index contributed by atoms with van der Waals surface area (Å²) in [6.45, 7) is 6.67. The third kappa shape index (κ3) is 3.12. The number of ether oxygens (including phenoxy) is 1. The number of amides is 1. The number of hydrogen-bond donors (Lipinski definition) is 2. The predicted molar refractivity (Wildman–Crippen MR) is 84.5 cm³/mol. The van der Waals surface area contributed by atoms with E-state index in [1.807, 2.05) is 6.07 Å². The van der Waals surface area contributed by atoms with Crippen LogP contribution < -0.4 is 5.32 Å². The van der Waals surface area contributed by atoms with Crippen LogP contribution in [0.3, 0.4) is 0 Å². The summed E-state index contributed by atoms with van der Waals surface area (Å²) in [5, 5.41) is 10.2. The molecule has 3 rings (SSSR count). The molecule has 2 fully saturated rings. The van der Waals surface area contributed by atoms with Crippen LogP contribution in [-0.2, 0) is 26.3 Å². The van der Waals surface area contributed by atoms with Gasteiger partial charge in [0.05, 0.1) is 30.3 Å². The van der Waals surface area contributed by atoms with Gasteiger partial charge in [-0.2, -0.15) is 5.10 Å². The summed E-state index contributed by atoms with van der Waals surface area (Å²) in [4.78, 5) is 24.2. The zero-order valence-corrected chi connectivity index (χ0v) is 14.1. The minimum Gasteiger partial charge on any atom is -0.458 e. The maximum Gasteiger partial charge on any atom is 0.307 e. The van der Waals surface area contributed by atoms with Gasteiger partial charge in [-0.25, -0.2) is 0 Å². The molecule has 1 aromatic rings. The molecular formula is C17H25N3O3. The van der Waals surface area contributed by atoms with E-state index in [4.69, 9.17) is 4.74 Å². The van der Waals surface area contributed by atoms with Gasteiger partial charge >= 0.3 is 5.97 Å². The van der Waals surface area contributed by atoms with Crippen molar-refractivity contribution < 1.29 is 14.3 Å². The molecular weight excluding hydrogens is 294 g/mol. The summed E-state index contributed by atoms with van der Waals surface area (Å²) in [6, 6.07) is 1.97. The highest BCUT2D eigenvalue weighted by Gasteiger charge is 2.53. The van der Waals surface area contributed by atoms with E-state index in [9.17, 15) is 9.59 Å². The largest absolute Gasteiger partial charge is 0.458 e. The lowest BCUT2D eigenvalue weighted by Gasteiger charge is -2.27. The summed E-state index contributed by atoms with van der Waals surface area (Å²) < 4.78 is 5.52. The van der Waals surface area contributed by atoms with E-state index in [-0.39, 0.29) is 29.6 Å². The van der Waals surface area contributed by atoms with E-state index in [0.29, 0.717) is 6.54 Å². The van der Waals surface area contributed by atoms with Gasteiger partial charge in [0.15, 0.2) is 0 Å². The van der Waals surface area contributed by atoms with Crippen LogP contribution in [0.1, 0.15) is 64.3 Å². The van der Waals surface area contributed by atoms with Gasteiger partial charge in [-0.3, -0.25) is 14.7 Å². The predicted octanol–water partition coefficient (Wildman–Crippen LogP) is 2.20. The number of carbonyl (C=O) groups is 2. The summed E-state index contributed by atoms with van der Waals surface area (Å²) in [5.74, 6) is -0.698. The molecule has 2 aliphatic rings. The van der Waals surface area contributed by atoms with Crippen molar-refractivity contribution >= 4 is 11.9 Å². The maximum atomic E-state index is 12.6. The number of nitrogens with one attached hydrogen (secondary N) is 2.